The third-order valence-corrected chi connectivity index (χ3v) is 5.44. The first-order valence-corrected chi connectivity index (χ1v) is 11.0. The molecule has 0 spiro atoms. The van der Waals surface area contributed by atoms with Crippen LogP contribution in [0.3, 0.4) is 0 Å². The number of likely N-dealkylation sites (tertiary alicyclic amines) is 1. The largest absolute Gasteiger partial charge is 0.507 e. The second-order valence-electron chi connectivity index (χ2n) is 8.75. The molecule has 2 aromatic carbocycles. The van der Waals surface area contributed by atoms with Gasteiger partial charge in [-0.2, -0.15) is 0 Å². The molecule has 6 heteroatoms. The lowest BCUT2D eigenvalue weighted by Gasteiger charge is -2.26. The molecule has 1 aliphatic heterocycles. The van der Waals surface area contributed by atoms with Crippen LogP contribution >= 0.6 is 0 Å². The lowest BCUT2D eigenvalue weighted by atomic mass is 9.95. The van der Waals surface area contributed by atoms with Crippen LogP contribution in [-0.4, -0.2) is 59.9 Å². The van der Waals surface area contributed by atoms with Crippen LogP contribution in [0.15, 0.2) is 54.1 Å². The molecule has 1 N–H and O–H groups in total. The van der Waals surface area contributed by atoms with E-state index in [2.05, 4.69) is 0 Å². The van der Waals surface area contributed by atoms with Gasteiger partial charge in [-0.1, -0.05) is 42.0 Å². The van der Waals surface area contributed by atoms with Gasteiger partial charge in [0.15, 0.2) is 0 Å². The van der Waals surface area contributed by atoms with Gasteiger partial charge in [0.2, 0.25) is 0 Å². The Hall–Kier alpha value is -3.12. The maximum Gasteiger partial charge on any atom is 0.295 e. The number of carbonyl (C=O) groups excluding carboxylic acids is 2. The van der Waals surface area contributed by atoms with Crippen molar-refractivity contribution in [1.29, 1.82) is 0 Å². The van der Waals surface area contributed by atoms with Crippen molar-refractivity contribution in [1.82, 2.24) is 9.80 Å². The van der Waals surface area contributed by atoms with Crippen LogP contribution in [0.4, 0.5) is 0 Å². The molecule has 2 aromatic rings. The van der Waals surface area contributed by atoms with Gasteiger partial charge in [0, 0.05) is 12.1 Å². The number of aliphatic hydroxyl groups is 1. The molecule has 0 aromatic heterocycles. The maximum atomic E-state index is 13.0. The van der Waals surface area contributed by atoms with Gasteiger partial charge >= 0.3 is 0 Å². The molecule has 0 radical (unpaired) electrons. The normalized spacial score (nSPS) is 18.1. The summed E-state index contributed by atoms with van der Waals surface area (Å²) in [4.78, 5) is 29.6. The molecule has 6 nitrogen and oxygen atoms in total. The Labute approximate surface area is 190 Å². The third-order valence-electron chi connectivity index (χ3n) is 5.44. The second kappa shape index (κ2) is 10.0. The average molecular weight is 437 g/mol. The number of ketones is 1. The van der Waals surface area contributed by atoms with Crippen molar-refractivity contribution < 1.29 is 19.4 Å². The van der Waals surface area contributed by atoms with E-state index < -0.39 is 17.7 Å². The van der Waals surface area contributed by atoms with Gasteiger partial charge in [0.25, 0.3) is 11.7 Å². The highest BCUT2D eigenvalue weighted by Crippen LogP contribution is 2.40. The smallest absolute Gasteiger partial charge is 0.295 e. The van der Waals surface area contributed by atoms with E-state index in [0.717, 1.165) is 24.1 Å². The molecule has 1 aliphatic rings. The van der Waals surface area contributed by atoms with Crippen LogP contribution in [0.5, 0.6) is 5.75 Å². The number of Topliss-reactive ketones (excluding diaryl/α,β-unsaturated/α-hetero) is 1. The molecule has 3 rings (SSSR count). The van der Waals surface area contributed by atoms with Crippen molar-refractivity contribution in [3.8, 4) is 5.75 Å². The molecule has 1 amide bonds. The molecule has 0 unspecified atom stereocenters. The fraction of sp³-hybridized carbons (Fsp3) is 0.385. The minimum atomic E-state index is -0.652. The molecular weight excluding hydrogens is 404 g/mol. The molecule has 1 atom stereocenters. The number of carbonyl (C=O) groups is 2. The summed E-state index contributed by atoms with van der Waals surface area (Å²) in [5.41, 5.74) is 2.45. The van der Waals surface area contributed by atoms with Gasteiger partial charge in [-0.05, 0) is 65.5 Å². The first-order valence-electron chi connectivity index (χ1n) is 11.0. The van der Waals surface area contributed by atoms with Crippen molar-refractivity contribution in [2.24, 2.45) is 0 Å². The van der Waals surface area contributed by atoms with Gasteiger partial charge in [-0.25, -0.2) is 0 Å². The maximum absolute atomic E-state index is 13.0. The Morgan fingerprint density at radius 2 is 1.69 bits per heavy atom. The van der Waals surface area contributed by atoms with Crippen molar-refractivity contribution in [2.75, 3.05) is 27.2 Å². The highest BCUT2D eigenvalue weighted by Gasteiger charge is 2.45. The van der Waals surface area contributed by atoms with Gasteiger partial charge in [0.1, 0.15) is 11.5 Å². The Balaban J connectivity index is 2.05. The van der Waals surface area contributed by atoms with Gasteiger partial charge in [-0.15, -0.1) is 0 Å². The zero-order valence-electron chi connectivity index (χ0n) is 19.5. The number of aliphatic hydroxyl groups excluding tert-OH is 1. The van der Waals surface area contributed by atoms with Crippen molar-refractivity contribution in [3.05, 3.63) is 70.8 Å². The van der Waals surface area contributed by atoms with E-state index in [0.29, 0.717) is 17.9 Å². The van der Waals surface area contributed by atoms with E-state index >= 15 is 0 Å². The topological polar surface area (TPSA) is 70.1 Å². The lowest BCUT2D eigenvalue weighted by molar-refractivity contribution is -0.139. The summed E-state index contributed by atoms with van der Waals surface area (Å²) in [7, 11) is 3.94. The third kappa shape index (κ3) is 5.19. The minimum Gasteiger partial charge on any atom is -0.507 e. The zero-order valence-corrected chi connectivity index (χ0v) is 19.5. The average Bonchev–Trinajstić information content (AvgIpc) is 2.99. The Morgan fingerprint density at radius 1 is 1.06 bits per heavy atom. The number of amides is 1. The van der Waals surface area contributed by atoms with E-state index in [1.807, 2.05) is 76.2 Å². The van der Waals surface area contributed by atoms with E-state index in [4.69, 9.17) is 4.74 Å². The quantitative estimate of drug-likeness (QED) is 0.382. The molecule has 170 valence electrons. The van der Waals surface area contributed by atoms with Crippen molar-refractivity contribution in [3.63, 3.8) is 0 Å². The molecule has 1 heterocycles. The first kappa shape index (κ1) is 23.5. The van der Waals surface area contributed by atoms with Gasteiger partial charge in [-0.3, -0.25) is 9.59 Å². The van der Waals surface area contributed by atoms with Crippen LogP contribution in [0, 0.1) is 6.92 Å². The van der Waals surface area contributed by atoms with Crippen LogP contribution in [0.1, 0.15) is 43.0 Å². The fourth-order valence-electron chi connectivity index (χ4n) is 3.88. The van der Waals surface area contributed by atoms with Crippen molar-refractivity contribution >= 4 is 17.4 Å². The number of aryl methyl sites for hydroxylation is 1. The van der Waals surface area contributed by atoms with Crippen molar-refractivity contribution in [2.45, 2.75) is 39.3 Å². The highest BCUT2D eigenvalue weighted by atomic mass is 16.5. The lowest BCUT2D eigenvalue weighted by Crippen LogP contribution is -2.32. The van der Waals surface area contributed by atoms with Crippen LogP contribution in [0.25, 0.3) is 5.76 Å². The fourth-order valence-corrected chi connectivity index (χ4v) is 3.88. The van der Waals surface area contributed by atoms with E-state index in [1.54, 1.807) is 17.0 Å². The van der Waals surface area contributed by atoms with E-state index in [9.17, 15) is 14.7 Å². The summed E-state index contributed by atoms with van der Waals surface area (Å²) in [5.74, 6) is -0.664. The summed E-state index contributed by atoms with van der Waals surface area (Å²) in [6.45, 7) is 7.07. The zero-order chi connectivity index (χ0) is 23.4. The molecule has 0 saturated carbocycles. The molecule has 32 heavy (non-hydrogen) atoms. The van der Waals surface area contributed by atoms with Crippen LogP contribution < -0.4 is 4.74 Å². The highest BCUT2D eigenvalue weighted by molar-refractivity contribution is 6.46. The number of nitrogens with zero attached hydrogens (tertiary/aromatic N) is 2. The van der Waals surface area contributed by atoms with Crippen LogP contribution in [-0.2, 0) is 9.59 Å². The van der Waals surface area contributed by atoms with E-state index in [1.165, 1.54) is 0 Å². The summed E-state index contributed by atoms with van der Waals surface area (Å²) in [6.07, 6.45) is 0.759. The number of hydrogen-bond donors (Lipinski definition) is 1. The SMILES string of the molecule is Cc1ccc(C(O)=C2C(=O)C(=O)N(CCCN(C)C)[C@@H]2c2ccc(OC(C)C)cc2)cc1. The molecule has 0 bridgehead atoms. The first-order chi connectivity index (χ1) is 15.2. The Kier molecular flexibility index (Phi) is 7.36. The standard InChI is InChI=1S/C26H32N2O4/c1-17(2)32-21-13-11-19(12-14-21)23-22(24(29)20-9-7-18(3)8-10-20)25(30)26(31)28(23)16-6-15-27(4)5/h7-14,17,23,29H,6,15-16H2,1-5H3/t23-/m1/s1. The number of hydrogen-bond acceptors (Lipinski definition) is 5. The Bertz CT molecular complexity index is 991. The summed E-state index contributed by atoms with van der Waals surface area (Å²) in [5, 5.41) is 11.1. The molecule has 0 aliphatic carbocycles. The monoisotopic (exact) mass is 436 g/mol. The number of ether oxygens (including phenoxy) is 1. The minimum absolute atomic E-state index is 0.0408. The van der Waals surface area contributed by atoms with E-state index in [-0.39, 0.29) is 17.4 Å². The summed E-state index contributed by atoms with van der Waals surface area (Å²) >= 11 is 0. The summed E-state index contributed by atoms with van der Waals surface area (Å²) < 4.78 is 5.73. The molecule has 1 fully saturated rings. The second-order valence-corrected chi connectivity index (χ2v) is 8.75. The Morgan fingerprint density at radius 3 is 2.25 bits per heavy atom. The number of rotatable bonds is 8. The van der Waals surface area contributed by atoms with Gasteiger partial charge in [0.05, 0.1) is 17.7 Å². The summed E-state index contributed by atoms with van der Waals surface area (Å²) in [6, 6.07) is 14.0. The molecular formula is C26H32N2O4. The number of benzene rings is 2. The van der Waals surface area contributed by atoms with Crippen LogP contribution in [0.2, 0.25) is 0 Å². The van der Waals surface area contributed by atoms with Gasteiger partial charge < -0.3 is 19.6 Å². The predicted octanol–water partition coefficient (Wildman–Crippen LogP) is 4.16. The predicted molar refractivity (Wildman–Crippen MR) is 126 cm³/mol. The molecule has 1 saturated heterocycles.